The van der Waals surface area contributed by atoms with Crippen LogP contribution in [0.2, 0.25) is 0 Å². The molecule has 0 aliphatic carbocycles. The highest BCUT2D eigenvalue weighted by Gasteiger charge is 2.31. The molecule has 0 unspecified atom stereocenters. The number of aromatic nitrogens is 2. The number of fused-ring (bicyclic) bond motifs is 1. The molecule has 0 saturated carbocycles. The molecule has 10 heteroatoms. The number of ether oxygens (including phenoxy) is 2. The zero-order chi connectivity index (χ0) is 29.8. The average Bonchev–Trinajstić information content (AvgIpc) is 3.03. The Labute approximate surface area is 247 Å². The Morgan fingerprint density at radius 3 is 2.48 bits per heavy atom. The van der Waals surface area contributed by atoms with E-state index in [2.05, 4.69) is 40.8 Å². The van der Waals surface area contributed by atoms with Crippen LogP contribution >= 0.6 is 0 Å². The van der Waals surface area contributed by atoms with Crippen LogP contribution in [0.4, 0.5) is 27.9 Å². The van der Waals surface area contributed by atoms with E-state index in [1.165, 1.54) is 16.5 Å². The Morgan fingerprint density at radius 2 is 1.83 bits per heavy atom. The highest BCUT2D eigenvalue weighted by Crippen LogP contribution is 2.35. The molecule has 1 aromatic heterocycles. The third-order valence-electron chi connectivity index (χ3n) is 8.13. The quantitative estimate of drug-likeness (QED) is 0.328. The van der Waals surface area contributed by atoms with Gasteiger partial charge in [0.2, 0.25) is 5.95 Å². The van der Waals surface area contributed by atoms with E-state index in [1.807, 2.05) is 6.07 Å². The number of hydrogen-bond donors (Lipinski definition) is 1. The molecule has 2 aliphatic rings. The molecular formula is C32H38N6O4. The fraction of sp³-hybridized carbons (Fsp3) is 0.375. The van der Waals surface area contributed by atoms with Crippen LogP contribution in [0, 0.1) is 0 Å². The lowest BCUT2D eigenvalue weighted by Crippen LogP contribution is -2.46. The molecule has 3 heterocycles. The lowest BCUT2D eigenvalue weighted by atomic mass is 9.87. The number of nitrogens with one attached hydrogen (secondary N) is 1. The van der Waals surface area contributed by atoms with Gasteiger partial charge in [-0.15, -0.1) is 0 Å². The van der Waals surface area contributed by atoms with E-state index in [9.17, 15) is 9.59 Å². The molecular weight excluding hydrogens is 532 g/mol. The van der Waals surface area contributed by atoms with Gasteiger partial charge in [-0.25, -0.2) is 9.78 Å². The average molecular weight is 571 g/mol. The number of allylic oxidation sites excluding steroid dienone is 1. The van der Waals surface area contributed by atoms with Gasteiger partial charge in [-0.05, 0) is 61.7 Å². The van der Waals surface area contributed by atoms with Crippen molar-refractivity contribution in [2.24, 2.45) is 0 Å². The number of likely N-dealkylation sites (tertiary alicyclic amines) is 1. The maximum Gasteiger partial charge on any atom is 0.330 e. The lowest BCUT2D eigenvalue weighted by Gasteiger charge is -2.34. The van der Waals surface area contributed by atoms with Crippen LogP contribution < -0.4 is 24.6 Å². The third-order valence-corrected chi connectivity index (χ3v) is 8.13. The molecule has 0 bridgehead atoms. The summed E-state index contributed by atoms with van der Waals surface area (Å²) in [4.78, 5) is 40.7. The first-order chi connectivity index (χ1) is 20.3. The maximum absolute atomic E-state index is 13.4. The number of urea groups is 1. The molecule has 5 rings (SSSR count). The van der Waals surface area contributed by atoms with E-state index in [-0.39, 0.29) is 18.2 Å². The van der Waals surface area contributed by atoms with E-state index in [1.54, 1.807) is 50.6 Å². The first-order valence-corrected chi connectivity index (χ1v) is 14.2. The summed E-state index contributed by atoms with van der Waals surface area (Å²) in [5, 5.41) is 3.31. The standard InChI is InChI=1S/C32H38N6O4/c1-6-26(39)15-23-14-22(21-10-12-37(7-2)13-11-21)8-9-29(23)34-31-33-19-24-20-38(32(40)36(3)30(24)35-31)25-16-27(41-4)18-28(17-25)42-5/h6,8-9,14,16-19,21H,1,7,10-13,15,20H2,2-5H3,(H,33,34,35). The molecule has 0 spiro atoms. The van der Waals surface area contributed by atoms with Crippen LogP contribution in [0.1, 0.15) is 42.4 Å². The minimum atomic E-state index is -0.238. The van der Waals surface area contributed by atoms with E-state index < -0.39 is 0 Å². The largest absolute Gasteiger partial charge is 0.497 e. The highest BCUT2D eigenvalue weighted by atomic mass is 16.5. The van der Waals surface area contributed by atoms with Crippen LogP contribution in [-0.4, -0.2) is 67.6 Å². The second-order valence-corrected chi connectivity index (χ2v) is 10.6. The Hall–Kier alpha value is -4.44. The Bertz CT molecular complexity index is 1460. The predicted octanol–water partition coefficient (Wildman–Crippen LogP) is 5.31. The van der Waals surface area contributed by atoms with Crippen molar-refractivity contribution in [1.82, 2.24) is 14.9 Å². The zero-order valence-electron chi connectivity index (χ0n) is 24.7. The van der Waals surface area contributed by atoms with Crippen molar-refractivity contribution in [2.45, 2.75) is 38.6 Å². The smallest absolute Gasteiger partial charge is 0.330 e. The fourth-order valence-corrected chi connectivity index (χ4v) is 5.62. The van der Waals surface area contributed by atoms with Crippen LogP contribution in [0.3, 0.4) is 0 Å². The molecule has 0 radical (unpaired) electrons. The second-order valence-electron chi connectivity index (χ2n) is 10.6. The molecule has 42 heavy (non-hydrogen) atoms. The molecule has 2 aliphatic heterocycles. The monoisotopic (exact) mass is 570 g/mol. The van der Waals surface area contributed by atoms with E-state index in [0.717, 1.165) is 49.3 Å². The number of carbonyl (C=O) groups is 2. The van der Waals surface area contributed by atoms with Crippen LogP contribution in [0.15, 0.2) is 55.3 Å². The first-order valence-electron chi connectivity index (χ1n) is 14.2. The number of rotatable bonds is 10. The van der Waals surface area contributed by atoms with Gasteiger partial charge in [-0.3, -0.25) is 14.6 Å². The molecule has 10 nitrogen and oxygen atoms in total. The van der Waals surface area contributed by atoms with Crippen LogP contribution in [0.25, 0.3) is 0 Å². The highest BCUT2D eigenvalue weighted by molar-refractivity contribution is 6.05. The van der Waals surface area contributed by atoms with Gasteiger partial charge in [0.15, 0.2) is 5.78 Å². The summed E-state index contributed by atoms with van der Waals surface area (Å²) >= 11 is 0. The molecule has 2 aromatic carbocycles. The zero-order valence-corrected chi connectivity index (χ0v) is 24.7. The minimum absolute atomic E-state index is 0.0537. The number of anilines is 4. The van der Waals surface area contributed by atoms with E-state index in [4.69, 9.17) is 14.5 Å². The van der Waals surface area contributed by atoms with Crippen molar-refractivity contribution < 1.29 is 19.1 Å². The van der Waals surface area contributed by atoms with Gasteiger partial charge in [-0.2, -0.15) is 4.98 Å². The summed E-state index contributed by atoms with van der Waals surface area (Å²) in [6, 6.07) is 11.4. The molecule has 220 valence electrons. The fourth-order valence-electron chi connectivity index (χ4n) is 5.62. The van der Waals surface area contributed by atoms with Crippen LogP contribution in [-0.2, 0) is 17.8 Å². The van der Waals surface area contributed by atoms with E-state index in [0.29, 0.717) is 41.4 Å². The minimum Gasteiger partial charge on any atom is -0.497 e. The van der Waals surface area contributed by atoms with Gasteiger partial charge >= 0.3 is 6.03 Å². The van der Waals surface area contributed by atoms with Gasteiger partial charge in [0.25, 0.3) is 0 Å². The van der Waals surface area contributed by atoms with Gasteiger partial charge in [-0.1, -0.05) is 25.6 Å². The summed E-state index contributed by atoms with van der Waals surface area (Å²) in [5.41, 5.74) is 4.32. The summed E-state index contributed by atoms with van der Waals surface area (Å²) in [5.74, 6) is 2.45. The summed E-state index contributed by atoms with van der Waals surface area (Å²) < 4.78 is 10.8. The molecule has 2 amide bonds. The number of nitrogens with zero attached hydrogens (tertiary/aromatic N) is 5. The van der Waals surface area contributed by atoms with E-state index >= 15 is 0 Å². The Balaban J connectivity index is 1.40. The second kappa shape index (κ2) is 12.6. The Morgan fingerprint density at radius 1 is 1.12 bits per heavy atom. The van der Waals surface area contributed by atoms with Crippen molar-refractivity contribution in [3.8, 4) is 11.5 Å². The van der Waals surface area contributed by atoms with Crippen molar-refractivity contribution in [3.05, 3.63) is 71.9 Å². The molecule has 0 atom stereocenters. The number of ketones is 1. The third kappa shape index (κ3) is 6.08. The predicted molar refractivity (Wildman–Crippen MR) is 164 cm³/mol. The lowest BCUT2D eigenvalue weighted by molar-refractivity contribution is -0.114. The molecule has 1 saturated heterocycles. The number of piperidine rings is 1. The van der Waals surface area contributed by atoms with Gasteiger partial charge < -0.3 is 19.7 Å². The van der Waals surface area contributed by atoms with Crippen molar-refractivity contribution in [3.63, 3.8) is 0 Å². The number of amides is 2. The first kappa shape index (κ1) is 29.1. The number of methoxy groups -OCH3 is 2. The van der Waals surface area contributed by atoms with Gasteiger partial charge in [0, 0.05) is 49.1 Å². The van der Waals surface area contributed by atoms with Crippen molar-refractivity contribution >= 4 is 35.0 Å². The van der Waals surface area contributed by atoms with Gasteiger partial charge in [0.05, 0.1) is 26.5 Å². The summed E-state index contributed by atoms with van der Waals surface area (Å²) in [6.07, 6.45) is 5.51. The van der Waals surface area contributed by atoms with Crippen LogP contribution in [0.5, 0.6) is 11.5 Å². The van der Waals surface area contributed by atoms with Crippen molar-refractivity contribution in [1.29, 1.82) is 0 Å². The molecule has 1 fully saturated rings. The number of hydrogen-bond acceptors (Lipinski definition) is 8. The summed E-state index contributed by atoms with van der Waals surface area (Å²) in [6.45, 7) is 9.39. The number of benzene rings is 2. The molecule has 3 aromatic rings. The maximum atomic E-state index is 13.4. The SMILES string of the molecule is C=CC(=O)Cc1cc(C2CCN(CC)CC2)ccc1Nc1ncc2c(n1)N(C)C(=O)N(c1cc(OC)cc(OC)c1)C2. The normalized spacial score (nSPS) is 15.8. The Kier molecular flexibility index (Phi) is 8.72. The van der Waals surface area contributed by atoms with Crippen molar-refractivity contribution in [2.75, 3.05) is 56.0 Å². The summed E-state index contributed by atoms with van der Waals surface area (Å²) in [7, 11) is 4.83. The molecule has 1 N–H and O–H groups in total. The van der Waals surface area contributed by atoms with Gasteiger partial charge in [0.1, 0.15) is 17.3 Å². The topological polar surface area (TPSA) is 100 Å². The number of carbonyl (C=O) groups excluding carboxylic acids is 2.